The molecule has 1 amide bonds. The molecule has 11 nitrogen and oxygen atoms in total. The predicted octanol–water partition coefficient (Wildman–Crippen LogP) is 2.03. The number of hydrogen-bond donors (Lipinski definition) is 1. The van der Waals surface area contributed by atoms with E-state index in [0.717, 1.165) is 0 Å². The van der Waals surface area contributed by atoms with Gasteiger partial charge < -0.3 is 14.8 Å². The molecule has 0 radical (unpaired) electrons. The Kier molecular flexibility index (Phi) is 7.41. The highest BCUT2D eigenvalue weighted by atomic mass is 32.2. The maximum atomic E-state index is 13.0. The Bertz CT molecular complexity index is 1190. The molecule has 3 rings (SSSR count). The Morgan fingerprint density at radius 3 is 2.45 bits per heavy atom. The van der Waals surface area contributed by atoms with Gasteiger partial charge in [-0.15, -0.1) is 0 Å². The number of nitrogens with one attached hydrogen (secondary N) is 1. The van der Waals surface area contributed by atoms with Crippen LogP contribution in [0.1, 0.15) is 21.5 Å². The topological polar surface area (TPSA) is 145 Å². The number of ether oxygens (including phenoxy) is 2. The van der Waals surface area contributed by atoms with E-state index in [0.29, 0.717) is 30.0 Å². The van der Waals surface area contributed by atoms with Gasteiger partial charge in [-0.25, -0.2) is 13.2 Å². The summed E-state index contributed by atoms with van der Waals surface area (Å²) < 4.78 is 37.4. The van der Waals surface area contributed by atoms with Crippen molar-refractivity contribution in [3.05, 3.63) is 63.2 Å². The van der Waals surface area contributed by atoms with E-state index in [9.17, 15) is 28.1 Å². The molecule has 1 aliphatic heterocycles. The summed E-state index contributed by atoms with van der Waals surface area (Å²) in [6, 6.07) is 8.11. The normalized spacial score (nSPS) is 14.5. The zero-order chi connectivity index (χ0) is 24.2. The van der Waals surface area contributed by atoms with Crippen LogP contribution in [0.2, 0.25) is 0 Å². The third-order valence-corrected chi connectivity index (χ3v) is 7.08. The first-order valence-corrected chi connectivity index (χ1v) is 11.4. The number of nitro groups is 1. The van der Waals surface area contributed by atoms with E-state index in [1.165, 1.54) is 40.7 Å². The van der Waals surface area contributed by atoms with Crippen LogP contribution >= 0.6 is 0 Å². The Hall–Kier alpha value is -3.35. The minimum Gasteiger partial charge on any atom is -0.452 e. The lowest BCUT2D eigenvalue weighted by atomic mass is 10.1. The number of benzene rings is 2. The zero-order valence-corrected chi connectivity index (χ0v) is 18.9. The van der Waals surface area contributed by atoms with Crippen molar-refractivity contribution in [2.45, 2.75) is 18.7 Å². The number of anilines is 1. The highest BCUT2D eigenvalue weighted by Crippen LogP contribution is 2.23. The quantitative estimate of drug-likeness (QED) is 0.362. The van der Waals surface area contributed by atoms with Gasteiger partial charge in [0, 0.05) is 30.9 Å². The maximum Gasteiger partial charge on any atom is 0.338 e. The lowest BCUT2D eigenvalue weighted by Gasteiger charge is -2.26. The van der Waals surface area contributed by atoms with Crippen LogP contribution in [-0.2, 0) is 24.3 Å². The van der Waals surface area contributed by atoms with E-state index >= 15 is 0 Å². The van der Waals surface area contributed by atoms with Crippen molar-refractivity contribution >= 4 is 33.3 Å². The van der Waals surface area contributed by atoms with Crippen LogP contribution in [0.5, 0.6) is 0 Å². The van der Waals surface area contributed by atoms with Crippen molar-refractivity contribution in [3.8, 4) is 0 Å². The number of carbonyl (C=O) groups excluding carboxylic acids is 2. The fraction of sp³-hybridized carbons (Fsp3) is 0.333. The number of rotatable bonds is 7. The van der Waals surface area contributed by atoms with Crippen molar-refractivity contribution in [3.63, 3.8) is 0 Å². The van der Waals surface area contributed by atoms with Crippen LogP contribution in [0.25, 0.3) is 0 Å². The summed E-state index contributed by atoms with van der Waals surface area (Å²) in [6.07, 6.45) is 0. The van der Waals surface area contributed by atoms with Crippen molar-refractivity contribution in [1.29, 1.82) is 0 Å². The molecule has 0 bridgehead atoms. The molecule has 1 saturated heterocycles. The predicted molar refractivity (Wildman–Crippen MR) is 118 cm³/mol. The van der Waals surface area contributed by atoms with Gasteiger partial charge in [0.15, 0.2) is 6.61 Å². The number of non-ortho nitro benzene ring substituents is 1. The summed E-state index contributed by atoms with van der Waals surface area (Å²) in [5, 5.41) is 13.3. The summed E-state index contributed by atoms with van der Waals surface area (Å²) in [6.45, 7) is 3.64. The molecular formula is C21H23N3O8S. The van der Waals surface area contributed by atoms with Crippen LogP contribution in [0.15, 0.2) is 41.3 Å². The molecule has 1 aliphatic rings. The Morgan fingerprint density at radius 1 is 1.12 bits per heavy atom. The second-order valence-corrected chi connectivity index (χ2v) is 9.28. The van der Waals surface area contributed by atoms with Gasteiger partial charge in [-0.2, -0.15) is 4.31 Å². The highest BCUT2D eigenvalue weighted by Gasteiger charge is 2.28. The molecule has 33 heavy (non-hydrogen) atoms. The fourth-order valence-corrected chi connectivity index (χ4v) is 4.89. The molecule has 176 valence electrons. The average molecular weight is 477 g/mol. The molecular weight excluding hydrogens is 454 g/mol. The first-order chi connectivity index (χ1) is 15.6. The van der Waals surface area contributed by atoms with Crippen LogP contribution in [0.3, 0.4) is 0 Å². The molecule has 1 heterocycles. The number of morpholine rings is 1. The van der Waals surface area contributed by atoms with E-state index < -0.39 is 33.4 Å². The van der Waals surface area contributed by atoms with E-state index in [1.807, 2.05) is 0 Å². The zero-order valence-electron chi connectivity index (χ0n) is 18.1. The standard InChI is InChI=1S/C21H23N3O8S/c1-14-3-4-16(12-19(14)33(29,30)23-7-9-31-10-8-23)21(26)32-13-20(25)22-18-6-5-17(24(27)28)11-15(18)2/h3-6,11-12H,7-10,13H2,1-2H3,(H,22,25). The number of carbonyl (C=O) groups is 2. The third-order valence-electron chi connectivity index (χ3n) is 5.04. The lowest BCUT2D eigenvalue weighted by molar-refractivity contribution is -0.384. The number of hydrogen-bond acceptors (Lipinski definition) is 8. The lowest BCUT2D eigenvalue weighted by Crippen LogP contribution is -2.40. The van der Waals surface area contributed by atoms with E-state index in [4.69, 9.17) is 9.47 Å². The molecule has 2 aromatic rings. The van der Waals surface area contributed by atoms with Crippen molar-refractivity contribution < 1.29 is 32.4 Å². The van der Waals surface area contributed by atoms with Crippen molar-refractivity contribution in [2.75, 3.05) is 38.2 Å². The monoisotopic (exact) mass is 477 g/mol. The number of aryl methyl sites for hydroxylation is 2. The van der Waals surface area contributed by atoms with Crippen LogP contribution < -0.4 is 5.32 Å². The van der Waals surface area contributed by atoms with Gasteiger partial charge in [-0.05, 0) is 43.2 Å². The van der Waals surface area contributed by atoms with E-state index in [1.54, 1.807) is 13.8 Å². The van der Waals surface area contributed by atoms with Gasteiger partial charge in [0.1, 0.15) is 0 Å². The second-order valence-electron chi connectivity index (χ2n) is 7.38. The largest absolute Gasteiger partial charge is 0.452 e. The van der Waals surface area contributed by atoms with Gasteiger partial charge in [0.25, 0.3) is 11.6 Å². The highest BCUT2D eigenvalue weighted by molar-refractivity contribution is 7.89. The molecule has 0 aromatic heterocycles. The smallest absolute Gasteiger partial charge is 0.338 e. The summed E-state index contributed by atoms with van der Waals surface area (Å²) >= 11 is 0. The van der Waals surface area contributed by atoms with Gasteiger partial charge in [0.05, 0.1) is 28.6 Å². The first kappa shape index (κ1) is 24.3. The molecule has 1 fully saturated rings. The summed E-state index contributed by atoms with van der Waals surface area (Å²) in [5.74, 6) is -1.50. The van der Waals surface area contributed by atoms with Gasteiger partial charge in [-0.3, -0.25) is 14.9 Å². The number of amides is 1. The number of nitro benzene ring substituents is 1. The Morgan fingerprint density at radius 2 is 1.82 bits per heavy atom. The first-order valence-electron chi connectivity index (χ1n) is 10.00. The summed E-state index contributed by atoms with van der Waals surface area (Å²) in [7, 11) is -3.82. The number of nitrogens with zero attached hydrogens (tertiary/aromatic N) is 2. The van der Waals surface area contributed by atoms with Crippen LogP contribution in [0, 0.1) is 24.0 Å². The van der Waals surface area contributed by atoms with Crippen molar-refractivity contribution in [2.24, 2.45) is 0 Å². The van der Waals surface area contributed by atoms with Crippen LogP contribution in [-0.4, -0.2) is 62.4 Å². The van der Waals surface area contributed by atoms with E-state index in [2.05, 4.69) is 5.32 Å². The molecule has 0 unspecified atom stereocenters. The molecule has 0 saturated carbocycles. The molecule has 1 N–H and O–H groups in total. The SMILES string of the molecule is Cc1cc([N+](=O)[O-])ccc1NC(=O)COC(=O)c1ccc(C)c(S(=O)(=O)N2CCOCC2)c1. The van der Waals surface area contributed by atoms with Gasteiger partial charge >= 0.3 is 5.97 Å². The van der Waals surface area contributed by atoms with E-state index in [-0.39, 0.29) is 29.2 Å². The number of esters is 1. The molecule has 0 aliphatic carbocycles. The molecule has 0 spiro atoms. The molecule has 12 heteroatoms. The average Bonchev–Trinajstić information content (AvgIpc) is 2.79. The molecule has 0 atom stereocenters. The summed E-state index contributed by atoms with van der Waals surface area (Å²) in [5.41, 5.74) is 1.17. The van der Waals surface area contributed by atoms with Gasteiger partial charge in [0.2, 0.25) is 10.0 Å². The minimum absolute atomic E-state index is 0.00764. The number of sulfonamides is 1. The second kappa shape index (κ2) is 10.1. The van der Waals surface area contributed by atoms with Crippen molar-refractivity contribution in [1.82, 2.24) is 4.31 Å². The van der Waals surface area contributed by atoms with Gasteiger partial charge in [-0.1, -0.05) is 6.07 Å². The summed E-state index contributed by atoms with van der Waals surface area (Å²) in [4.78, 5) is 34.9. The maximum absolute atomic E-state index is 13.0. The minimum atomic E-state index is -3.82. The Labute approximate surface area is 190 Å². The molecule has 2 aromatic carbocycles. The Balaban J connectivity index is 1.66. The van der Waals surface area contributed by atoms with Crippen LogP contribution in [0.4, 0.5) is 11.4 Å². The third kappa shape index (κ3) is 5.72. The fourth-order valence-electron chi connectivity index (χ4n) is 3.23.